The highest BCUT2D eigenvalue weighted by molar-refractivity contribution is 5.46. The van der Waals surface area contributed by atoms with E-state index in [9.17, 15) is 4.79 Å². The van der Waals surface area contributed by atoms with Crippen LogP contribution < -0.4 is 5.32 Å². The molecule has 0 aromatic carbocycles. The molecule has 0 atom stereocenters. The molecule has 1 N–H and O–H groups in total. The highest BCUT2D eigenvalue weighted by Gasteiger charge is 2.24. The van der Waals surface area contributed by atoms with Crippen LogP contribution in [0.3, 0.4) is 0 Å². The van der Waals surface area contributed by atoms with Gasteiger partial charge in [-0.05, 0) is 43.9 Å². The molecule has 2 fully saturated rings. The molecule has 0 unspecified atom stereocenters. The van der Waals surface area contributed by atoms with Gasteiger partial charge in [0, 0.05) is 6.04 Å². The Morgan fingerprint density at radius 1 is 0.875 bits per heavy atom. The first-order chi connectivity index (χ1) is 7.88. The number of carbonyl (C=O) groups is 1. The maximum Gasteiger partial charge on any atom is 0.207 e. The normalized spacial score (nSPS) is 32.2. The molecule has 16 heavy (non-hydrogen) atoms. The van der Waals surface area contributed by atoms with Gasteiger partial charge in [0.05, 0.1) is 0 Å². The van der Waals surface area contributed by atoms with Gasteiger partial charge in [-0.1, -0.05) is 32.1 Å². The molecule has 0 saturated heterocycles. The van der Waals surface area contributed by atoms with E-state index in [0.717, 1.165) is 18.2 Å². The van der Waals surface area contributed by atoms with Gasteiger partial charge in [0.2, 0.25) is 6.41 Å². The van der Waals surface area contributed by atoms with Crippen molar-refractivity contribution in [3.63, 3.8) is 0 Å². The number of rotatable bonds is 4. The zero-order chi connectivity index (χ0) is 11.2. The number of amides is 1. The van der Waals surface area contributed by atoms with E-state index in [-0.39, 0.29) is 0 Å². The predicted octanol–water partition coefficient (Wildman–Crippen LogP) is 3.26. The third-order valence-electron chi connectivity index (χ3n) is 4.54. The summed E-state index contributed by atoms with van der Waals surface area (Å²) >= 11 is 0. The van der Waals surface area contributed by atoms with Crippen molar-refractivity contribution in [3.05, 3.63) is 0 Å². The van der Waals surface area contributed by atoms with Crippen molar-refractivity contribution < 1.29 is 4.79 Å². The summed E-state index contributed by atoms with van der Waals surface area (Å²) in [6.07, 6.45) is 14.8. The second-order valence-electron chi connectivity index (χ2n) is 5.74. The van der Waals surface area contributed by atoms with Crippen molar-refractivity contribution in [1.29, 1.82) is 0 Å². The van der Waals surface area contributed by atoms with E-state index in [1.165, 1.54) is 64.2 Å². The van der Waals surface area contributed by atoms with E-state index in [1.807, 2.05) is 0 Å². The van der Waals surface area contributed by atoms with Gasteiger partial charge in [0.25, 0.3) is 0 Å². The van der Waals surface area contributed by atoms with Crippen molar-refractivity contribution in [3.8, 4) is 0 Å². The largest absolute Gasteiger partial charge is 0.356 e. The Hall–Kier alpha value is -0.530. The summed E-state index contributed by atoms with van der Waals surface area (Å²) in [4.78, 5) is 10.4. The third-order valence-corrected chi connectivity index (χ3v) is 4.54. The van der Waals surface area contributed by atoms with Crippen LogP contribution in [0.4, 0.5) is 0 Å². The molecule has 0 bridgehead atoms. The van der Waals surface area contributed by atoms with Crippen LogP contribution >= 0.6 is 0 Å². The number of hydrogen-bond acceptors (Lipinski definition) is 1. The maximum atomic E-state index is 10.4. The molecule has 2 aliphatic rings. The van der Waals surface area contributed by atoms with Gasteiger partial charge in [-0.2, -0.15) is 0 Å². The summed E-state index contributed by atoms with van der Waals surface area (Å²) in [6.45, 7) is 0. The van der Waals surface area contributed by atoms with Gasteiger partial charge in [0.15, 0.2) is 0 Å². The summed E-state index contributed by atoms with van der Waals surface area (Å²) in [5.41, 5.74) is 0. The fourth-order valence-corrected chi connectivity index (χ4v) is 3.56. The van der Waals surface area contributed by atoms with Gasteiger partial charge in [0.1, 0.15) is 0 Å². The standard InChI is InChI=1S/C14H25NO/c16-11-15-14-8-6-13(7-9-14)10-12-4-2-1-3-5-12/h11-14H,1-10H2,(H,15,16). The fraction of sp³-hybridized carbons (Fsp3) is 0.929. The minimum Gasteiger partial charge on any atom is -0.356 e. The lowest BCUT2D eigenvalue weighted by molar-refractivity contribution is -0.110. The average Bonchev–Trinajstić information content (AvgIpc) is 2.33. The number of hydrogen-bond donors (Lipinski definition) is 1. The maximum absolute atomic E-state index is 10.4. The summed E-state index contributed by atoms with van der Waals surface area (Å²) in [6, 6.07) is 0.472. The van der Waals surface area contributed by atoms with Crippen LogP contribution in [0.5, 0.6) is 0 Å². The molecular weight excluding hydrogens is 198 g/mol. The molecule has 2 rings (SSSR count). The highest BCUT2D eigenvalue weighted by atomic mass is 16.1. The fourth-order valence-electron chi connectivity index (χ4n) is 3.56. The molecule has 0 aromatic rings. The van der Waals surface area contributed by atoms with Gasteiger partial charge in [-0.3, -0.25) is 4.79 Å². The lowest BCUT2D eigenvalue weighted by Gasteiger charge is -2.32. The molecular formula is C14H25NO. The van der Waals surface area contributed by atoms with E-state index in [1.54, 1.807) is 0 Å². The van der Waals surface area contributed by atoms with Gasteiger partial charge in [-0.25, -0.2) is 0 Å². The summed E-state index contributed by atoms with van der Waals surface area (Å²) in [5, 5.41) is 2.93. The second kappa shape index (κ2) is 6.27. The van der Waals surface area contributed by atoms with E-state index >= 15 is 0 Å². The summed E-state index contributed by atoms with van der Waals surface area (Å²) < 4.78 is 0. The average molecular weight is 223 g/mol. The Morgan fingerprint density at radius 3 is 2.12 bits per heavy atom. The molecule has 0 aliphatic heterocycles. The molecule has 2 nitrogen and oxygen atoms in total. The molecule has 92 valence electrons. The Balaban J connectivity index is 1.66. The minimum absolute atomic E-state index is 0.472. The monoisotopic (exact) mass is 223 g/mol. The molecule has 0 aromatic heterocycles. The first-order valence-electron chi connectivity index (χ1n) is 7.08. The SMILES string of the molecule is O=CNC1CCC(CC2CCCCC2)CC1. The number of carbonyl (C=O) groups excluding carboxylic acids is 1. The summed E-state index contributed by atoms with van der Waals surface area (Å²) in [5.74, 6) is 1.97. The van der Waals surface area contributed by atoms with Crippen LogP contribution in [0, 0.1) is 11.8 Å². The Morgan fingerprint density at radius 2 is 1.50 bits per heavy atom. The van der Waals surface area contributed by atoms with Gasteiger partial charge in [-0.15, -0.1) is 0 Å². The van der Waals surface area contributed by atoms with E-state index < -0.39 is 0 Å². The lowest BCUT2D eigenvalue weighted by Crippen LogP contribution is -2.32. The molecule has 0 spiro atoms. The smallest absolute Gasteiger partial charge is 0.207 e. The molecule has 0 radical (unpaired) electrons. The van der Waals surface area contributed by atoms with Crippen molar-refractivity contribution in [2.45, 2.75) is 70.3 Å². The Bertz CT molecular complexity index is 203. The molecule has 1 amide bonds. The lowest BCUT2D eigenvalue weighted by atomic mass is 9.76. The molecule has 2 heteroatoms. The van der Waals surface area contributed by atoms with Crippen LogP contribution in [0.2, 0.25) is 0 Å². The van der Waals surface area contributed by atoms with Crippen LogP contribution in [-0.4, -0.2) is 12.5 Å². The molecule has 0 heterocycles. The van der Waals surface area contributed by atoms with Crippen molar-refractivity contribution in [1.82, 2.24) is 5.32 Å². The van der Waals surface area contributed by atoms with Crippen molar-refractivity contribution in [2.75, 3.05) is 0 Å². The van der Waals surface area contributed by atoms with Crippen LogP contribution in [0.15, 0.2) is 0 Å². The first-order valence-corrected chi connectivity index (χ1v) is 7.08. The highest BCUT2D eigenvalue weighted by Crippen LogP contribution is 2.35. The van der Waals surface area contributed by atoms with Crippen molar-refractivity contribution >= 4 is 6.41 Å². The van der Waals surface area contributed by atoms with Gasteiger partial charge >= 0.3 is 0 Å². The molecule has 2 aliphatic carbocycles. The predicted molar refractivity (Wildman–Crippen MR) is 66.1 cm³/mol. The third kappa shape index (κ3) is 3.50. The molecule has 2 saturated carbocycles. The van der Waals surface area contributed by atoms with E-state index in [2.05, 4.69) is 5.32 Å². The van der Waals surface area contributed by atoms with Crippen LogP contribution in [-0.2, 0) is 4.79 Å². The second-order valence-corrected chi connectivity index (χ2v) is 5.74. The first kappa shape index (κ1) is 11.9. The summed E-state index contributed by atoms with van der Waals surface area (Å²) in [7, 11) is 0. The van der Waals surface area contributed by atoms with Crippen LogP contribution in [0.25, 0.3) is 0 Å². The van der Waals surface area contributed by atoms with E-state index in [4.69, 9.17) is 0 Å². The zero-order valence-electron chi connectivity index (χ0n) is 10.3. The van der Waals surface area contributed by atoms with Gasteiger partial charge < -0.3 is 5.32 Å². The van der Waals surface area contributed by atoms with E-state index in [0.29, 0.717) is 6.04 Å². The minimum atomic E-state index is 0.472. The quantitative estimate of drug-likeness (QED) is 0.728. The Labute approximate surface area is 99.2 Å². The topological polar surface area (TPSA) is 29.1 Å². The Kier molecular flexibility index (Phi) is 4.68. The van der Waals surface area contributed by atoms with Crippen LogP contribution in [0.1, 0.15) is 64.2 Å². The zero-order valence-corrected chi connectivity index (χ0v) is 10.3. The van der Waals surface area contributed by atoms with Crippen molar-refractivity contribution in [2.24, 2.45) is 11.8 Å². The number of nitrogens with one attached hydrogen (secondary N) is 1.